The van der Waals surface area contributed by atoms with Crippen LogP contribution in [0.5, 0.6) is 0 Å². The van der Waals surface area contributed by atoms with E-state index in [-0.39, 0.29) is 5.57 Å². The SMILES string of the molecule is C=C(C)C(=O)OC1C2OC(=O)C3C2OC1C3C(C)(C)OCC(C)(O)C(F)(F)F. The molecule has 3 rings (SSSR count). The molecule has 3 heterocycles. The average Bonchev–Trinajstić information content (AvgIpc) is 3.15. The van der Waals surface area contributed by atoms with Gasteiger partial charge >= 0.3 is 18.1 Å². The Hall–Kier alpha value is -1.65. The standard InChI is InChI=1S/C18H23F3O7/c1-7(2)14(22)27-13-11-9(8-10(26-11)12(13)28-15(8)23)16(3,4)25-6-17(5,24)18(19,20)21/h8-13,24H,1,6H2,2-5H3. The lowest BCUT2D eigenvalue weighted by Crippen LogP contribution is -2.55. The van der Waals surface area contributed by atoms with E-state index in [1.165, 1.54) is 20.8 Å². The largest absolute Gasteiger partial charge is 0.455 e. The molecule has 0 spiro atoms. The fraction of sp³-hybridized carbons (Fsp3) is 0.778. The molecule has 7 unspecified atom stereocenters. The zero-order valence-electron chi connectivity index (χ0n) is 15.9. The van der Waals surface area contributed by atoms with Crippen molar-refractivity contribution in [2.24, 2.45) is 11.8 Å². The van der Waals surface area contributed by atoms with Gasteiger partial charge in [-0.25, -0.2) is 4.79 Å². The monoisotopic (exact) mass is 408 g/mol. The molecule has 28 heavy (non-hydrogen) atoms. The van der Waals surface area contributed by atoms with Crippen molar-refractivity contribution < 1.29 is 46.8 Å². The zero-order valence-corrected chi connectivity index (χ0v) is 15.9. The predicted octanol–water partition coefficient (Wildman–Crippen LogP) is 1.52. The lowest BCUT2D eigenvalue weighted by atomic mass is 9.70. The van der Waals surface area contributed by atoms with Crippen LogP contribution < -0.4 is 0 Å². The number of aliphatic hydroxyl groups is 1. The predicted molar refractivity (Wildman–Crippen MR) is 86.9 cm³/mol. The first-order valence-corrected chi connectivity index (χ1v) is 8.83. The van der Waals surface area contributed by atoms with Crippen molar-refractivity contribution in [3.63, 3.8) is 0 Å². The van der Waals surface area contributed by atoms with E-state index in [0.29, 0.717) is 6.92 Å². The van der Waals surface area contributed by atoms with Gasteiger partial charge in [-0.1, -0.05) is 6.58 Å². The number of hydrogen-bond donors (Lipinski definition) is 1. The number of carbonyl (C=O) groups excluding carboxylic acids is 2. The molecule has 0 aromatic carbocycles. The molecule has 2 bridgehead atoms. The van der Waals surface area contributed by atoms with Gasteiger partial charge in [0.15, 0.2) is 17.8 Å². The first kappa shape index (κ1) is 21.1. The van der Waals surface area contributed by atoms with Crippen LogP contribution in [-0.2, 0) is 28.5 Å². The normalized spacial score (nSPS) is 36.2. The third kappa shape index (κ3) is 3.21. The minimum absolute atomic E-state index is 0.150. The van der Waals surface area contributed by atoms with E-state index in [1.54, 1.807) is 0 Å². The zero-order chi connectivity index (χ0) is 21.2. The maximum absolute atomic E-state index is 12.9. The van der Waals surface area contributed by atoms with Crippen LogP contribution in [0.15, 0.2) is 12.2 Å². The lowest BCUT2D eigenvalue weighted by Gasteiger charge is -2.40. The summed E-state index contributed by atoms with van der Waals surface area (Å²) in [4.78, 5) is 24.3. The second-order valence-corrected chi connectivity index (χ2v) is 8.33. The van der Waals surface area contributed by atoms with Crippen LogP contribution in [0.3, 0.4) is 0 Å². The van der Waals surface area contributed by atoms with E-state index < -0.39 is 72.2 Å². The number of rotatable bonds is 6. The van der Waals surface area contributed by atoms with Gasteiger partial charge in [0.2, 0.25) is 0 Å². The highest BCUT2D eigenvalue weighted by Crippen LogP contribution is 2.55. The van der Waals surface area contributed by atoms with E-state index in [2.05, 4.69) is 6.58 Å². The smallest absolute Gasteiger partial charge is 0.419 e. The Morgan fingerprint density at radius 2 is 1.82 bits per heavy atom. The van der Waals surface area contributed by atoms with Gasteiger partial charge in [0.25, 0.3) is 0 Å². The van der Waals surface area contributed by atoms with Crippen LogP contribution >= 0.6 is 0 Å². The quantitative estimate of drug-likeness (QED) is 0.526. The fourth-order valence-electron chi connectivity index (χ4n) is 4.02. The summed E-state index contributed by atoms with van der Waals surface area (Å²) in [6, 6.07) is 0. The number of halogens is 3. The highest BCUT2D eigenvalue weighted by molar-refractivity contribution is 5.87. The molecule has 0 aliphatic carbocycles. The Morgan fingerprint density at radius 3 is 2.36 bits per heavy atom. The molecule has 0 aromatic heterocycles. The third-order valence-corrected chi connectivity index (χ3v) is 5.64. The van der Waals surface area contributed by atoms with E-state index in [9.17, 15) is 27.9 Å². The van der Waals surface area contributed by atoms with E-state index in [0.717, 1.165) is 0 Å². The Balaban J connectivity index is 1.81. The summed E-state index contributed by atoms with van der Waals surface area (Å²) >= 11 is 0. The van der Waals surface area contributed by atoms with Crippen LogP contribution in [-0.4, -0.2) is 65.4 Å². The van der Waals surface area contributed by atoms with E-state index in [1.807, 2.05) is 0 Å². The van der Waals surface area contributed by atoms with Crippen LogP contribution in [0.2, 0.25) is 0 Å². The summed E-state index contributed by atoms with van der Waals surface area (Å²) in [6.45, 7) is 7.56. The molecule has 3 fully saturated rings. The summed E-state index contributed by atoms with van der Waals surface area (Å²) in [5.41, 5.74) is -4.22. The first-order chi connectivity index (χ1) is 12.7. The third-order valence-electron chi connectivity index (χ3n) is 5.64. The van der Waals surface area contributed by atoms with Gasteiger partial charge < -0.3 is 24.1 Å². The Labute approximate surface area is 159 Å². The Kier molecular flexibility index (Phi) is 4.84. The number of ether oxygens (including phenoxy) is 4. The van der Waals surface area contributed by atoms with Gasteiger partial charge in [-0.2, -0.15) is 13.2 Å². The molecule has 3 aliphatic heterocycles. The average molecular weight is 408 g/mol. The molecule has 158 valence electrons. The van der Waals surface area contributed by atoms with Crippen molar-refractivity contribution >= 4 is 11.9 Å². The topological polar surface area (TPSA) is 91.3 Å². The highest BCUT2D eigenvalue weighted by atomic mass is 19.4. The minimum atomic E-state index is -4.88. The first-order valence-electron chi connectivity index (χ1n) is 8.83. The summed E-state index contributed by atoms with van der Waals surface area (Å²) in [6.07, 6.45) is -8.02. The second-order valence-electron chi connectivity index (χ2n) is 8.33. The van der Waals surface area contributed by atoms with Crippen molar-refractivity contribution in [3.05, 3.63) is 12.2 Å². The number of hydrogen-bond acceptors (Lipinski definition) is 7. The van der Waals surface area contributed by atoms with E-state index in [4.69, 9.17) is 18.9 Å². The molecule has 0 radical (unpaired) electrons. The second kappa shape index (κ2) is 6.43. The van der Waals surface area contributed by atoms with Crippen LogP contribution in [0.4, 0.5) is 13.2 Å². The molecule has 3 aliphatic rings. The van der Waals surface area contributed by atoms with Gasteiger partial charge in [0, 0.05) is 11.5 Å². The van der Waals surface area contributed by atoms with Crippen LogP contribution in [0.25, 0.3) is 0 Å². The van der Waals surface area contributed by atoms with Crippen molar-refractivity contribution in [3.8, 4) is 0 Å². The Morgan fingerprint density at radius 1 is 1.21 bits per heavy atom. The highest BCUT2D eigenvalue weighted by Gasteiger charge is 2.72. The molecule has 0 aromatic rings. The molecular formula is C18H23F3O7. The lowest BCUT2D eigenvalue weighted by molar-refractivity contribution is -0.279. The maximum atomic E-state index is 12.9. The molecule has 3 saturated heterocycles. The van der Waals surface area contributed by atoms with Gasteiger partial charge in [0.05, 0.1) is 18.1 Å². The molecule has 7 atom stereocenters. The van der Waals surface area contributed by atoms with Crippen molar-refractivity contribution in [2.75, 3.05) is 6.61 Å². The molecule has 10 heteroatoms. The Bertz CT molecular complexity index is 700. The molecule has 0 amide bonds. The van der Waals surface area contributed by atoms with Gasteiger partial charge in [0.1, 0.15) is 12.2 Å². The van der Waals surface area contributed by atoms with Crippen LogP contribution in [0.1, 0.15) is 27.7 Å². The van der Waals surface area contributed by atoms with Crippen molar-refractivity contribution in [1.29, 1.82) is 0 Å². The van der Waals surface area contributed by atoms with Crippen LogP contribution in [0, 0.1) is 11.8 Å². The molecule has 0 saturated carbocycles. The summed E-state index contributed by atoms with van der Waals surface area (Å²) in [7, 11) is 0. The fourth-order valence-corrected chi connectivity index (χ4v) is 4.02. The summed E-state index contributed by atoms with van der Waals surface area (Å²) < 4.78 is 60.7. The number of fused-ring (bicyclic) bond motifs is 1. The molecule has 1 N–H and O–H groups in total. The minimum Gasteiger partial charge on any atom is -0.455 e. The number of esters is 2. The molecular weight excluding hydrogens is 385 g/mol. The van der Waals surface area contributed by atoms with Gasteiger partial charge in [-0.15, -0.1) is 0 Å². The van der Waals surface area contributed by atoms with Crippen molar-refractivity contribution in [2.45, 2.75) is 69.5 Å². The summed E-state index contributed by atoms with van der Waals surface area (Å²) in [5, 5.41) is 9.65. The number of carbonyl (C=O) groups is 2. The van der Waals surface area contributed by atoms with E-state index >= 15 is 0 Å². The van der Waals surface area contributed by atoms with Crippen molar-refractivity contribution in [1.82, 2.24) is 0 Å². The summed E-state index contributed by atoms with van der Waals surface area (Å²) in [5.74, 6) is -2.73. The number of alkyl halides is 3. The van der Waals surface area contributed by atoms with Gasteiger partial charge in [-0.05, 0) is 27.7 Å². The maximum Gasteiger partial charge on any atom is 0.419 e. The molecule has 7 nitrogen and oxygen atoms in total. The van der Waals surface area contributed by atoms with Gasteiger partial charge in [-0.3, -0.25) is 4.79 Å².